The largest absolute Gasteiger partial charge is 0.396 e. The van der Waals surface area contributed by atoms with Crippen molar-refractivity contribution in [2.75, 3.05) is 12.3 Å². The molecule has 3 N–H and O–H groups in total. The lowest BCUT2D eigenvalue weighted by Crippen LogP contribution is -2.36. The fraction of sp³-hybridized carbons (Fsp3) is 0.364. The van der Waals surface area contributed by atoms with Gasteiger partial charge in [-0.05, 0) is 0 Å². The first-order valence-corrected chi connectivity index (χ1v) is 6.23. The molecule has 2 rings (SSSR count). The third-order valence-corrected chi connectivity index (χ3v) is 3.77. The number of anilines is 1. The molecule has 0 atom stereocenters. The van der Waals surface area contributed by atoms with Crippen molar-refractivity contribution in [3.63, 3.8) is 0 Å². The molecule has 0 amide bonds. The van der Waals surface area contributed by atoms with Gasteiger partial charge in [0.1, 0.15) is 5.69 Å². The first-order chi connectivity index (χ1) is 8.22. The normalized spacial score (nSPS) is 10.7. The van der Waals surface area contributed by atoms with Gasteiger partial charge in [-0.15, -0.1) is 0 Å². The van der Waals surface area contributed by atoms with Gasteiger partial charge in [-0.2, -0.15) is 4.57 Å². The van der Waals surface area contributed by atoms with Crippen LogP contribution in [0.1, 0.15) is 16.3 Å². The number of thiazole rings is 1. The Labute approximate surface area is 104 Å². The Morgan fingerprint density at radius 3 is 2.88 bits per heavy atom. The van der Waals surface area contributed by atoms with Gasteiger partial charge < -0.3 is 10.8 Å². The predicted octanol–water partition coefficient (Wildman–Crippen LogP) is 0.299. The molecule has 0 aliphatic heterocycles. The molecule has 0 unspecified atom stereocenters. The first-order valence-electron chi connectivity index (χ1n) is 5.35. The van der Waals surface area contributed by atoms with Crippen molar-refractivity contribution >= 4 is 17.2 Å². The van der Waals surface area contributed by atoms with E-state index in [0.29, 0.717) is 18.8 Å². The molecule has 5 nitrogen and oxygen atoms in total. The van der Waals surface area contributed by atoms with E-state index < -0.39 is 0 Å². The Hall–Kier alpha value is -1.53. The molecular formula is C11H15N4OS+. The van der Waals surface area contributed by atoms with Crippen LogP contribution in [0.2, 0.25) is 0 Å². The highest BCUT2D eigenvalue weighted by Crippen LogP contribution is 2.12. The van der Waals surface area contributed by atoms with E-state index in [4.69, 9.17) is 10.8 Å². The molecule has 0 aliphatic carbocycles. The Morgan fingerprint density at radius 1 is 1.41 bits per heavy atom. The molecule has 0 saturated heterocycles. The second-order valence-electron chi connectivity index (χ2n) is 3.72. The fourth-order valence-corrected chi connectivity index (χ4v) is 2.59. The Kier molecular flexibility index (Phi) is 3.65. The second-order valence-corrected chi connectivity index (χ2v) is 4.66. The van der Waals surface area contributed by atoms with Crippen molar-refractivity contribution in [3.8, 4) is 0 Å². The maximum atomic E-state index is 8.94. The number of rotatable bonds is 4. The summed E-state index contributed by atoms with van der Waals surface area (Å²) in [4.78, 5) is 9.42. The number of hydrogen-bond donors (Lipinski definition) is 2. The Balaban J connectivity index is 2.22. The first kappa shape index (κ1) is 11.9. The van der Waals surface area contributed by atoms with E-state index in [2.05, 4.69) is 14.5 Å². The van der Waals surface area contributed by atoms with E-state index >= 15 is 0 Å². The van der Waals surface area contributed by atoms with Gasteiger partial charge in [0.25, 0.3) is 0 Å². The quantitative estimate of drug-likeness (QED) is 0.766. The highest BCUT2D eigenvalue weighted by molar-refractivity contribution is 7.09. The highest BCUT2D eigenvalue weighted by Gasteiger charge is 2.17. The van der Waals surface area contributed by atoms with E-state index in [0.717, 1.165) is 11.4 Å². The summed E-state index contributed by atoms with van der Waals surface area (Å²) in [6.07, 6.45) is 3.92. The molecular weight excluding hydrogens is 236 g/mol. The van der Waals surface area contributed by atoms with Crippen LogP contribution in [-0.4, -0.2) is 21.7 Å². The molecule has 0 bridgehead atoms. The number of aromatic nitrogens is 3. The minimum atomic E-state index is 0.175. The van der Waals surface area contributed by atoms with Crippen molar-refractivity contribution in [2.45, 2.75) is 19.9 Å². The molecule has 0 saturated carbocycles. The van der Waals surface area contributed by atoms with Crippen LogP contribution < -0.4 is 10.3 Å². The number of nitrogens with zero attached hydrogens (tertiary/aromatic N) is 3. The standard InChI is InChI=1S/C11H15N4OS/c1-8-10(2-5-16)17-7-15(8)6-9-11(12)14-4-3-13-9/h3-4,7,16H,2,5-6H2,1H3,(H2,12,14)/q+1. The van der Waals surface area contributed by atoms with Gasteiger partial charge in [-0.25, -0.2) is 9.97 Å². The van der Waals surface area contributed by atoms with Crippen molar-refractivity contribution in [2.24, 2.45) is 0 Å². The molecule has 2 aromatic rings. The van der Waals surface area contributed by atoms with E-state index in [9.17, 15) is 0 Å². The molecule has 90 valence electrons. The van der Waals surface area contributed by atoms with Gasteiger partial charge in [-0.3, -0.25) is 0 Å². The summed E-state index contributed by atoms with van der Waals surface area (Å²) in [7, 11) is 0. The number of aliphatic hydroxyl groups is 1. The van der Waals surface area contributed by atoms with Gasteiger partial charge in [-0.1, -0.05) is 11.3 Å². The number of aliphatic hydroxyl groups excluding tert-OH is 1. The number of nitrogen functional groups attached to an aromatic ring is 1. The van der Waals surface area contributed by atoms with Crippen molar-refractivity contribution in [1.82, 2.24) is 9.97 Å². The zero-order valence-electron chi connectivity index (χ0n) is 9.63. The van der Waals surface area contributed by atoms with E-state index in [1.165, 1.54) is 4.88 Å². The second kappa shape index (κ2) is 5.20. The van der Waals surface area contributed by atoms with Crippen molar-refractivity contribution in [3.05, 3.63) is 34.2 Å². The molecule has 6 heteroatoms. The van der Waals surface area contributed by atoms with Gasteiger partial charge in [0, 0.05) is 32.3 Å². The Bertz CT molecular complexity index is 512. The van der Waals surface area contributed by atoms with Gasteiger partial charge >= 0.3 is 0 Å². The third kappa shape index (κ3) is 2.59. The summed E-state index contributed by atoms with van der Waals surface area (Å²) in [6.45, 7) is 2.83. The topological polar surface area (TPSA) is 75.9 Å². The van der Waals surface area contributed by atoms with Crippen LogP contribution >= 0.6 is 11.3 Å². The number of hydrogen-bond acceptors (Lipinski definition) is 5. The van der Waals surface area contributed by atoms with E-state index in [-0.39, 0.29) is 6.61 Å². The van der Waals surface area contributed by atoms with Crippen LogP contribution in [0.15, 0.2) is 17.9 Å². The minimum Gasteiger partial charge on any atom is -0.396 e. The molecule has 0 spiro atoms. The summed E-state index contributed by atoms with van der Waals surface area (Å²) in [5.41, 5.74) is 9.70. The predicted molar refractivity (Wildman–Crippen MR) is 65.6 cm³/mol. The SMILES string of the molecule is Cc1c(CCO)sc[n+]1Cc1nccnc1N. The van der Waals surface area contributed by atoms with Crippen molar-refractivity contribution in [1.29, 1.82) is 0 Å². The summed E-state index contributed by atoms with van der Waals surface area (Å²) in [5, 5.41) is 8.94. The average molecular weight is 251 g/mol. The third-order valence-electron chi connectivity index (χ3n) is 2.62. The lowest BCUT2D eigenvalue weighted by atomic mass is 10.3. The summed E-state index contributed by atoms with van der Waals surface area (Å²) in [5.74, 6) is 0.467. The molecule has 0 radical (unpaired) electrons. The van der Waals surface area contributed by atoms with Crippen LogP contribution in [0.5, 0.6) is 0 Å². The lowest BCUT2D eigenvalue weighted by Gasteiger charge is -1.99. The van der Waals surface area contributed by atoms with Gasteiger partial charge in [0.2, 0.25) is 5.51 Å². The zero-order valence-corrected chi connectivity index (χ0v) is 10.4. The van der Waals surface area contributed by atoms with E-state index in [1.54, 1.807) is 23.7 Å². The van der Waals surface area contributed by atoms with Crippen LogP contribution in [0.4, 0.5) is 5.82 Å². The molecule has 17 heavy (non-hydrogen) atoms. The molecule has 0 aromatic carbocycles. The van der Waals surface area contributed by atoms with Gasteiger partial charge in [0.15, 0.2) is 18.1 Å². The molecule has 0 aliphatic rings. The van der Waals surface area contributed by atoms with Crippen LogP contribution in [0.3, 0.4) is 0 Å². The monoisotopic (exact) mass is 251 g/mol. The molecule has 2 aromatic heterocycles. The average Bonchev–Trinajstić information content (AvgIpc) is 2.65. The molecule has 2 heterocycles. The molecule has 0 fully saturated rings. The minimum absolute atomic E-state index is 0.175. The maximum absolute atomic E-state index is 8.94. The summed E-state index contributed by atoms with van der Waals surface area (Å²) in [6, 6.07) is 0. The summed E-state index contributed by atoms with van der Waals surface area (Å²) >= 11 is 1.64. The maximum Gasteiger partial charge on any atom is 0.225 e. The summed E-state index contributed by atoms with van der Waals surface area (Å²) < 4.78 is 2.08. The number of nitrogens with two attached hydrogens (primary N) is 1. The van der Waals surface area contributed by atoms with Gasteiger partial charge in [0.05, 0.1) is 4.88 Å². The lowest BCUT2D eigenvalue weighted by molar-refractivity contribution is -0.690. The Morgan fingerprint density at radius 2 is 2.18 bits per heavy atom. The zero-order chi connectivity index (χ0) is 12.3. The highest BCUT2D eigenvalue weighted by atomic mass is 32.1. The van der Waals surface area contributed by atoms with Crippen molar-refractivity contribution < 1.29 is 9.67 Å². The smallest absolute Gasteiger partial charge is 0.225 e. The van der Waals surface area contributed by atoms with Crippen LogP contribution in [0.25, 0.3) is 0 Å². The van der Waals surface area contributed by atoms with E-state index in [1.807, 2.05) is 12.4 Å². The van der Waals surface area contributed by atoms with Crippen LogP contribution in [0, 0.1) is 6.92 Å². The van der Waals surface area contributed by atoms with Crippen LogP contribution in [-0.2, 0) is 13.0 Å². The fourth-order valence-electron chi connectivity index (χ4n) is 1.61.